The molecule has 0 spiro atoms. The van der Waals surface area contributed by atoms with E-state index in [2.05, 4.69) is 5.32 Å². The summed E-state index contributed by atoms with van der Waals surface area (Å²) in [6.07, 6.45) is 3.87. The molecular weight excluding hydrogens is 204 g/mol. The minimum Gasteiger partial charge on any atom is -0.355 e. The molecule has 2 amide bonds. The summed E-state index contributed by atoms with van der Waals surface area (Å²) in [6.45, 7) is 0.474. The lowest BCUT2D eigenvalue weighted by atomic mass is 10.0. The lowest BCUT2D eigenvalue weighted by Crippen LogP contribution is -2.33. The maximum atomic E-state index is 11.7. The van der Waals surface area contributed by atoms with Gasteiger partial charge in [-0.2, -0.15) is 0 Å². The van der Waals surface area contributed by atoms with Crippen molar-refractivity contribution in [2.24, 2.45) is 17.8 Å². The zero-order chi connectivity index (χ0) is 11.7. The number of carbonyl (C=O) groups excluding carboxylic acids is 2. The number of nitrogens with one attached hydrogen (secondary N) is 1. The Labute approximate surface area is 96.4 Å². The SMILES string of the molecule is CN(C)C(=O)CCNC(=O)C1CC2CC2C1. The number of nitrogens with zero attached hydrogens (tertiary/aromatic N) is 1. The van der Waals surface area contributed by atoms with E-state index in [0.29, 0.717) is 13.0 Å². The Kier molecular flexibility index (Phi) is 3.17. The molecule has 2 saturated carbocycles. The highest BCUT2D eigenvalue weighted by Crippen LogP contribution is 2.54. The van der Waals surface area contributed by atoms with Crippen molar-refractivity contribution < 1.29 is 9.59 Å². The second-order valence-electron chi connectivity index (χ2n) is 5.25. The van der Waals surface area contributed by atoms with Crippen LogP contribution in [0.2, 0.25) is 0 Å². The van der Waals surface area contributed by atoms with Gasteiger partial charge in [-0.05, 0) is 31.1 Å². The Bertz CT molecular complexity index is 291. The van der Waals surface area contributed by atoms with Crippen molar-refractivity contribution in [3.8, 4) is 0 Å². The van der Waals surface area contributed by atoms with Crippen LogP contribution >= 0.6 is 0 Å². The van der Waals surface area contributed by atoms with Gasteiger partial charge in [0.25, 0.3) is 0 Å². The molecule has 0 saturated heterocycles. The molecule has 0 aromatic carbocycles. The average Bonchev–Trinajstić information content (AvgIpc) is 2.85. The van der Waals surface area contributed by atoms with Crippen molar-refractivity contribution in [2.45, 2.75) is 25.7 Å². The van der Waals surface area contributed by atoms with Crippen LogP contribution in [-0.2, 0) is 9.59 Å². The van der Waals surface area contributed by atoms with Gasteiger partial charge in [-0.1, -0.05) is 0 Å². The summed E-state index contributed by atoms with van der Waals surface area (Å²) in [4.78, 5) is 24.6. The highest BCUT2D eigenvalue weighted by molar-refractivity contribution is 5.80. The molecule has 0 radical (unpaired) electrons. The molecule has 90 valence electrons. The third-order valence-electron chi connectivity index (χ3n) is 3.75. The summed E-state index contributed by atoms with van der Waals surface area (Å²) < 4.78 is 0. The quantitative estimate of drug-likeness (QED) is 0.761. The topological polar surface area (TPSA) is 49.4 Å². The molecule has 2 unspecified atom stereocenters. The third-order valence-corrected chi connectivity index (χ3v) is 3.75. The summed E-state index contributed by atoms with van der Waals surface area (Å²) in [7, 11) is 3.46. The zero-order valence-corrected chi connectivity index (χ0v) is 10.0. The van der Waals surface area contributed by atoms with Crippen LogP contribution in [-0.4, -0.2) is 37.4 Å². The largest absolute Gasteiger partial charge is 0.355 e. The number of carbonyl (C=O) groups is 2. The Balaban J connectivity index is 1.62. The molecule has 2 rings (SSSR count). The molecule has 0 aromatic heterocycles. The second-order valence-corrected chi connectivity index (χ2v) is 5.25. The monoisotopic (exact) mass is 224 g/mol. The highest BCUT2D eigenvalue weighted by Gasteiger charge is 2.47. The van der Waals surface area contributed by atoms with E-state index >= 15 is 0 Å². The van der Waals surface area contributed by atoms with Crippen LogP contribution < -0.4 is 5.32 Å². The van der Waals surface area contributed by atoms with E-state index in [4.69, 9.17) is 0 Å². The third kappa shape index (κ3) is 2.54. The predicted octanol–water partition coefficient (Wildman–Crippen LogP) is 0.627. The molecule has 2 atom stereocenters. The number of rotatable bonds is 4. The first-order valence-electron chi connectivity index (χ1n) is 6.05. The summed E-state index contributed by atoms with van der Waals surface area (Å²) >= 11 is 0. The van der Waals surface area contributed by atoms with E-state index in [1.165, 1.54) is 6.42 Å². The van der Waals surface area contributed by atoms with Crippen molar-refractivity contribution >= 4 is 11.8 Å². The molecule has 2 fully saturated rings. The molecular formula is C12H20N2O2. The van der Waals surface area contributed by atoms with Crippen LogP contribution in [0.25, 0.3) is 0 Å². The van der Waals surface area contributed by atoms with Gasteiger partial charge in [-0.15, -0.1) is 0 Å². The average molecular weight is 224 g/mol. The van der Waals surface area contributed by atoms with Crippen LogP contribution in [0.5, 0.6) is 0 Å². The smallest absolute Gasteiger partial charge is 0.223 e. The van der Waals surface area contributed by atoms with E-state index < -0.39 is 0 Å². The van der Waals surface area contributed by atoms with Crippen molar-refractivity contribution in [1.29, 1.82) is 0 Å². The number of hydrogen-bond acceptors (Lipinski definition) is 2. The fraction of sp³-hybridized carbons (Fsp3) is 0.833. The molecule has 2 aliphatic carbocycles. The molecule has 4 nitrogen and oxygen atoms in total. The normalized spacial score (nSPS) is 30.8. The van der Waals surface area contributed by atoms with Gasteiger partial charge in [0, 0.05) is 33.0 Å². The van der Waals surface area contributed by atoms with Crippen molar-refractivity contribution in [3.63, 3.8) is 0 Å². The highest BCUT2D eigenvalue weighted by atomic mass is 16.2. The van der Waals surface area contributed by atoms with E-state index in [1.54, 1.807) is 19.0 Å². The number of hydrogen-bond donors (Lipinski definition) is 1. The molecule has 0 aliphatic heterocycles. The fourth-order valence-corrected chi connectivity index (χ4v) is 2.59. The Hall–Kier alpha value is -1.06. The molecule has 4 heteroatoms. The van der Waals surface area contributed by atoms with Crippen LogP contribution in [0.15, 0.2) is 0 Å². The molecule has 0 bridgehead atoms. The molecule has 1 N–H and O–H groups in total. The maximum absolute atomic E-state index is 11.7. The Morgan fingerprint density at radius 3 is 2.38 bits per heavy atom. The van der Waals surface area contributed by atoms with Crippen LogP contribution in [0.1, 0.15) is 25.7 Å². The predicted molar refractivity (Wildman–Crippen MR) is 60.6 cm³/mol. The van der Waals surface area contributed by atoms with Gasteiger partial charge >= 0.3 is 0 Å². The standard InChI is InChI=1S/C12H20N2O2/c1-14(2)11(15)3-4-13-12(16)10-6-8-5-9(8)7-10/h8-10H,3-7H2,1-2H3,(H,13,16). The van der Waals surface area contributed by atoms with Gasteiger partial charge in [-0.3, -0.25) is 9.59 Å². The maximum Gasteiger partial charge on any atom is 0.223 e. The van der Waals surface area contributed by atoms with Crippen LogP contribution in [0.3, 0.4) is 0 Å². The summed E-state index contributed by atoms with van der Waals surface area (Å²) in [5, 5.41) is 2.87. The number of amides is 2. The molecule has 16 heavy (non-hydrogen) atoms. The summed E-state index contributed by atoms with van der Waals surface area (Å²) in [6, 6.07) is 0. The minimum atomic E-state index is 0.0644. The van der Waals surface area contributed by atoms with Crippen molar-refractivity contribution in [2.75, 3.05) is 20.6 Å². The number of fused-ring (bicyclic) bond motifs is 1. The lowest BCUT2D eigenvalue weighted by Gasteiger charge is -2.13. The van der Waals surface area contributed by atoms with Crippen LogP contribution in [0, 0.1) is 17.8 Å². The van der Waals surface area contributed by atoms with Crippen LogP contribution in [0.4, 0.5) is 0 Å². The van der Waals surface area contributed by atoms with Gasteiger partial charge in [0.15, 0.2) is 0 Å². The summed E-state index contributed by atoms with van der Waals surface area (Å²) in [5.74, 6) is 2.10. The van der Waals surface area contributed by atoms with Gasteiger partial charge in [0.05, 0.1) is 0 Å². The first kappa shape index (κ1) is 11.4. The lowest BCUT2D eigenvalue weighted by molar-refractivity contribution is -0.129. The minimum absolute atomic E-state index is 0.0644. The van der Waals surface area contributed by atoms with E-state index in [-0.39, 0.29) is 17.7 Å². The first-order chi connectivity index (χ1) is 7.58. The molecule has 2 aliphatic rings. The van der Waals surface area contributed by atoms with Gasteiger partial charge in [0.1, 0.15) is 0 Å². The van der Waals surface area contributed by atoms with E-state index in [9.17, 15) is 9.59 Å². The Morgan fingerprint density at radius 2 is 1.81 bits per heavy atom. The Morgan fingerprint density at radius 1 is 1.19 bits per heavy atom. The fourth-order valence-electron chi connectivity index (χ4n) is 2.59. The van der Waals surface area contributed by atoms with Gasteiger partial charge in [-0.25, -0.2) is 0 Å². The second kappa shape index (κ2) is 4.44. The van der Waals surface area contributed by atoms with E-state index in [1.807, 2.05) is 0 Å². The van der Waals surface area contributed by atoms with Crippen molar-refractivity contribution in [1.82, 2.24) is 10.2 Å². The summed E-state index contributed by atoms with van der Waals surface area (Å²) in [5.41, 5.74) is 0. The van der Waals surface area contributed by atoms with Gasteiger partial charge in [0.2, 0.25) is 11.8 Å². The van der Waals surface area contributed by atoms with Crippen molar-refractivity contribution in [3.05, 3.63) is 0 Å². The van der Waals surface area contributed by atoms with E-state index in [0.717, 1.165) is 24.7 Å². The zero-order valence-electron chi connectivity index (χ0n) is 10.0. The molecule has 0 heterocycles. The molecule has 0 aromatic rings. The van der Waals surface area contributed by atoms with Gasteiger partial charge < -0.3 is 10.2 Å². The first-order valence-corrected chi connectivity index (χ1v) is 6.05.